The van der Waals surface area contributed by atoms with Gasteiger partial charge in [-0.1, -0.05) is 12.8 Å². The van der Waals surface area contributed by atoms with Crippen molar-refractivity contribution in [3.05, 3.63) is 17.7 Å². The predicted octanol–water partition coefficient (Wildman–Crippen LogP) is 1.28. The van der Waals surface area contributed by atoms with Gasteiger partial charge in [-0.3, -0.25) is 4.79 Å². The van der Waals surface area contributed by atoms with Gasteiger partial charge in [0.15, 0.2) is 0 Å². The Balaban J connectivity index is 1.78. The fourth-order valence-corrected chi connectivity index (χ4v) is 4.72. The molecule has 1 aliphatic heterocycles. The number of imidazole rings is 1. The predicted molar refractivity (Wildman–Crippen MR) is 86.5 cm³/mol. The Kier molecular flexibility index (Phi) is 4.46. The molecule has 1 aliphatic carbocycles. The Morgan fingerprint density at radius 3 is 2.70 bits per heavy atom. The van der Waals surface area contributed by atoms with Crippen LogP contribution in [0.2, 0.25) is 0 Å². The molecule has 2 aliphatic rings. The van der Waals surface area contributed by atoms with Gasteiger partial charge in [0.25, 0.3) is 5.91 Å². The molecule has 0 unspecified atom stereocenters. The monoisotopic (exact) mass is 340 g/mol. The van der Waals surface area contributed by atoms with E-state index in [9.17, 15) is 13.2 Å². The largest absolute Gasteiger partial charge is 0.348 e. The Morgan fingerprint density at radius 1 is 1.35 bits per heavy atom. The van der Waals surface area contributed by atoms with Crippen LogP contribution in [0.5, 0.6) is 0 Å². The van der Waals surface area contributed by atoms with Crippen LogP contribution in [-0.4, -0.2) is 46.5 Å². The highest BCUT2D eigenvalue weighted by Crippen LogP contribution is 2.27. The summed E-state index contributed by atoms with van der Waals surface area (Å²) in [6, 6.07) is -0.0997. The van der Waals surface area contributed by atoms with Gasteiger partial charge in [0, 0.05) is 25.3 Å². The number of sulfonamides is 1. The van der Waals surface area contributed by atoms with Gasteiger partial charge < -0.3 is 9.88 Å². The average Bonchev–Trinajstić information content (AvgIpc) is 3.16. The maximum absolute atomic E-state index is 12.3. The van der Waals surface area contributed by atoms with Crippen molar-refractivity contribution in [3.8, 4) is 0 Å². The molecule has 0 aromatic carbocycles. The summed E-state index contributed by atoms with van der Waals surface area (Å²) in [7, 11) is -3.26. The molecule has 0 spiro atoms. The molecule has 23 heavy (non-hydrogen) atoms. The van der Waals surface area contributed by atoms with Gasteiger partial charge in [0.1, 0.15) is 11.5 Å². The normalized spacial score (nSPS) is 23.0. The summed E-state index contributed by atoms with van der Waals surface area (Å²) in [5, 5.41) is 3.03. The number of hydrogen-bond donors (Lipinski definition) is 1. The number of nitrogens with zero attached hydrogens (tertiary/aromatic N) is 3. The molecule has 0 radical (unpaired) electrons. The third-order valence-electron chi connectivity index (χ3n) is 4.82. The molecular formula is C15H24N4O3S. The van der Waals surface area contributed by atoms with Gasteiger partial charge >= 0.3 is 0 Å². The Hall–Kier alpha value is -1.41. The first-order chi connectivity index (χ1) is 10.9. The van der Waals surface area contributed by atoms with E-state index in [-0.39, 0.29) is 23.7 Å². The van der Waals surface area contributed by atoms with Gasteiger partial charge in [-0.25, -0.2) is 13.4 Å². The summed E-state index contributed by atoms with van der Waals surface area (Å²) < 4.78 is 27.7. The second-order valence-corrected chi connectivity index (χ2v) is 8.53. The summed E-state index contributed by atoms with van der Waals surface area (Å²) in [4.78, 5) is 16.8. The van der Waals surface area contributed by atoms with Crippen LogP contribution in [0.1, 0.15) is 61.9 Å². The summed E-state index contributed by atoms with van der Waals surface area (Å²) in [5.41, 5.74) is 0.384. The fraction of sp³-hybridized carbons (Fsp3) is 0.733. The number of nitrogens with one attached hydrogen (secondary N) is 1. The van der Waals surface area contributed by atoms with Crippen molar-refractivity contribution in [1.82, 2.24) is 19.2 Å². The second-order valence-electron chi connectivity index (χ2n) is 6.32. The fourth-order valence-electron chi connectivity index (χ4n) is 3.46. The number of carbonyl (C=O) groups excluding carboxylic acids is 1. The number of amides is 1. The SMILES string of the molecule is CCS(=O)(=O)N1CCn2cc(C(=O)NC3CCCC3)nc2[C@@H]1C. The first-order valence-electron chi connectivity index (χ1n) is 8.30. The van der Waals surface area contributed by atoms with E-state index in [0.29, 0.717) is 24.6 Å². The number of carbonyl (C=O) groups is 1. The number of rotatable bonds is 4. The lowest BCUT2D eigenvalue weighted by Crippen LogP contribution is -2.41. The first kappa shape index (κ1) is 16.4. The molecule has 1 fully saturated rings. The highest BCUT2D eigenvalue weighted by Gasteiger charge is 2.34. The van der Waals surface area contributed by atoms with Crippen molar-refractivity contribution in [2.45, 2.75) is 58.2 Å². The number of hydrogen-bond acceptors (Lipinski definition) is 4. The third kappa shape index (κ3) is 3.14. The smallest absolute Gasteiger partial charge is 0.271 e. The Bertz CT molecular complexity index is 692. The molecule has 0 saturated heterocycles. The van der Waals surface area contributed by atoms with Gasteiger partial charge in [0.2, 0.25) is 10.0 Å². The molecule has 1 N–H and O–H groups in total. The molecule has 8 heteroatoms. The van der Waals surface area contributed by atoms with Crippen molar-refractivity contribution >= 4 is 15.9 Å². The zero-order valence-corrected chi connectivity index (χ0v) is 14.5. The van der Waals surface area contributed by atoms with Crippen LogP contribution in [0.25, 0.3) is 0 Å². The Labute approximate surface area is 137 Å². The van der Waals surface area contributed by atoms with Crippen molar-refractivity contribution in [3.63, 3.8) is 0 Å². The van der Waals surface area contributed by atoms with Crippen LogP contribution in [0.15, 0.2) is 6.20 Å². The minimum Gasteiger partial charge on any atom is -0.348 e. The number of aromatic nitrogens is 2. The summed E-state index contributed by atoms with van der Waals surface area (Å²) in [6.45, 7) is 4.42. The Morgan fingerprint density at radius 2 is 2.04 bits per heavy atom. The molecule has 1 aromatic heterocycles. The molecule has 2 heterocycles. The van der Waals surface area contributed by atoms with E-state index < -0.39 is 10.0 Å². The molecule has 1 amide bonds. The highest BCUT2D eigenvalue weighted by molar-refractivity contribution is 7.89. The van der Waals surface area contributed by atoms with Crippen molar-refractivity contribution in [2.24, 2.45) is 0 Å². The zero-order valence-electron chi connectivity index (χ0n) is 13.7. The lowest BCUT2D eigenvalue weighted by atomic mass is 10.2. The van der Waals surface area contributed by atoms with E-state index >= 15 is 0 Å². The minimum atomic E-state index is -3.26. The van der Waals surface area contributed by atoms with E-state index in [1.54, 1.807) is 13.1 Å². The lowest BCUT2D eigenvalue weighted by molar-refractivity contribution is 0.0933. The maximum atomic E-state index is 12.3. The summed E-state index contributed by atoms with van der Waals surface area (Å²) >= 11 is 0. The van der Waals surface area contributed by atoms with Crippen LogP contribution in [0.4, 0.5) is 0 Å². The molecule has 3 rings (SSSR count). The second kappa shape index (κ2) is 6.24. The van der Waals surface area contributed by atoms with Crippen LogP contribution in [0, 0.1) is 0 Å². The highest BCUT2D eigenvalue weighted by atomic mass is 32.2. The standard InChI is InChI=1S/C15H24N4O3S/c1-3-23(21,22)19-9-8-18-10-13(17-14(18)11(19)2)15(20)16-12-6-4-5-7-12/h10-12H,3-9H2,1-2H3,(H,16,20)/t11-/m0/s1. The molecule has 1 saturated carbocycles. The zero-order chi connectivity index (χ0) is 16.6. The minimum absolute atomic E-state index is 0.0765. The van der Waals surface area contributed by atoms with Crippen molar-refractivity contribution in [1.29, 1.82) is 0 Å². The molecule has 0 bridgehead atoms. The molecule has 1 atom stereocenters. The third-order valence-corrected chi connectivity index (χ3v) is 6.76. The summed E-state index contributed by atoms with van der Waals surface area (Å²) in [5.74, 6) is 0.563. The number of fused-ring (bicyclic) bond motifs is 1. The van der Waals surface area contributed by atoms with E-state index in [1.165, 1.54) is 4.31 Å². The van der Waals surface area contributed by atoms with E-state index in [4.69, 9.17) is 0 Å². The van der Waals surface area contributed by atoms with Gasteiger partial charge in [0.05, 0.1) is 11.8 Å². The topological polar surface area (TPSA) is 84.3 Å². The van der Waals surface area contributed by atoms with E-state index in [1.807, 2.05) is 11.5 Å². The molecular weight excluding hydrogens is 316 g/mol. The van der Waals surface area contributed by atoms with Gasteiger partial charge in [-0.05, 0) is 26.7 Å². The van der Waals surface area contributed by atoms with E-state index in [0.717, 1.165) is 25.7 Å². The van der Waals surface area contributed by atoms with Crippen LogP contribution in [0.3, 0.4) is 0 Å². The quantitative estimate of drug-likeness (QED) is 0.895. The van der Waals surface area contributed by atoms with Crippen LogP contribution < -0.4 is 5.32 Å². The van der Waals surface area contributed by atoms with Crippen molar-refractivity contribution < 1.29 is 13.2 Å². The van der Waals surface area contributed by atoms with Crippen LogP contribution >= 0.6 is 0 Å². The first-order valence-corrected chi connectivity index (χ1v) is 9.90. The molecule has 7 nitrogen and oxygen atoms in total. The average molecular weight is 340 g/mol. The lowest BCUT2D eigenvalue weighted by Gasteiger charge is -2.32. The van der Waals surface area contributed by atoms with Gasteiger partial charge in [-0.2, -0.15) is 4.31 Å². The van der Waals surface area contributed by atoms with Crippen molar-refractivity contribution in [2.75, 3.05) is 12.3 Å². The molecule has 1 aromatic rings. The van der Waals surface area contributed by atoms with Gasteiger partial charge in [-0.15, -0.1) is 0 Å². The van der Waals surface area contributed by atoms with Crippen LogP contribution in [-0.2, 0) is 16.6 Å². The summed E-state index contributed by atoms with van der Waals surface area (Å²) in [6.07, 6.45) is 6.11. The van der Waals surface area contributed by atoms with E-state index in [2.05, 4.69) is 10.3 Å². The maximum Gasteiger partial charge on any atom is 0.271 e. The molecule has 128 valence electrons.